The highest BCUT2D eigenvalue weighted by Crippen LogP contribution is 2.82. The largest absolute Gasteiger partial charge is 0.472 e. The van der Waals surface area contributed by atoms with E-state index in [9.17, 15) is 14.4 Å². The van der Waals surface area contributed by atoms with E-state index in [0.717, 1.165) is 18.4 Å². The van der Waals surface area contributed by atoms with Crippen LogP contribution in [0.25, 0.3) is 0 Å². The Bertz CT molecular complexity index is 1140. The zero-order valence-corrected chi connectivity index (χ0v) is 22.4. The second kappa shape index (κ2) is 7.10. The van der Waals surface area contributed by atoms with Gasteiger partial charge in [-0.15, -0.1) is 0 Å². The van der Waals surface area contributed by atoms with Crippen molar-refractivity contribution < 1.29 is 33.0 Å². The van der Waals surface area contributed by atoms with Crippen LogP contribution in [0.1, 0.15) is 78.7 Å². The number of esters is 1. The Labute approximate surface area is 212 Å². The van der Waals surface area contributed by atoms with Gasteiger partial charge in [0.05, 0.1) is 24.5 Å². The lowest BCUT2D eigenvalue weighted by Crippen LogP contribution is -2.73. The summed E-state index contributed by atoms with van der Waals surface area (Å²) in [6.45, 7) is 12.2. The van der Waals surface area contributed by atoms with Crippen LogP contribution in [0.4, 0.5) is 0 Å². The molecule has 196 valence electrons. The molecule has 4 aliphatic carbocycles. The number of fused-ring (bicyclic) bond motifs is 3. The molecule has 0 aromatic carbocycles. The summed E-state index contributed by atoms with van der Waals surface area (Å²) >= 11 is 0. The minimum Gasteiger partial charge on any atom is -0.472 e. The number of furan rings is 1. The topological polar surface area (TPSA) is 95.3 Å². The van der Waals surface area contributed by atoms with Gasteiger partial charge in [0.25, 0.3) is 0 Å². The van der Waals surface area contributed by atoms with Crippen molar-refractivity contribution in [3.8, 4) is 0 Å². The molecule has 5 aliphatic rings. The van der Waals surface area contributed by atoms with Crippen molar-refractivity contribution in [1.82, 2.24) is 0 Å². The van der Waals surface area contributed by atoms with E-state index in [4.69, 9.17) is 18.6 Å². The summed E-state index contributed by atoms with van der Waals surface area (Å²) in [5.41, 5.74) is -1.86. The molecule has 0 amide bonds. The summed E-state index contributed by atoms with van der Waals surface area (Å²) in [7, 11) is 1.70. The highest BCUT2D eigenvalue weighted by atomic mass is 16.6. The zero-order chi connectivity index (χ0) is 26.1. The van der Waals surface area contributed by atoms with Crippen LogP contribution in [-0.2, 0) is 28.6 Å². The molecular weight excluding hydrogens is 460 g/mol. The van der Waals surface area contributed by atoms with Crippen LogP contribution >= 0.6 is 0 Å². The summed E-state index contributed by atoms with van der Waals surface area (Å²) in [6.07, 6.45) is 4.59. The fraction of sp³-hybridized carbons (Fsp3) is 0.759. The van der Waals surface area contributed by atoms with Crippen molar-refractivity contribution in [3.63, 3.8) is 0 Å². The van der Waals surface area contributed by atoms with Gasteiger partial charge in [0.2, 0.25) is 0 Å². The molecule has 5 fully saturated rings. The molecule has 0 bridgehead atoms. The number of methoxy groups -OCH3 is 1. The first kappa shape index (κ1) is 24.4. The van der Waals surface area contributed by atoms with E-state index in [1.165, 1.54) is 6.92 Å². The molecular formula is C29H38O7. The van der Waals surface area contributed by atoms with E-state index >= 15 is 0 Å². The lowest BCUT2D eigenvalue weighted by atomic mass is 9.35. The Kier molecular flexibility index (Phi) is 4.80. The Balaban J connectivity index is 1.55. The Hall–Kier alpha value is -1.99. The minimum atomic E-state index is -0.750. The summed E-state index contributed by atoms with van der Waals surface area (Å²) in [5.74, 6) is -0.366. The second-order valence-corrected chi connectivity index (χ2v) is 13.2. The number of epoxide rings is 1. The molecule has 1 aliphatic heterocycles. The predicted molar refractivity (Wildman–Crippen MR) is 129 cm³/mol. The maximum absolute atomic E-state index is 13.8. The normalized spacial score (nSPS) is 50.5. The third-order valence-corrected chi connectivity index (χ3v) is 11.9. The second-order valence-electron chi connectivity index (χ2n) is 13.2. The van der Waals surface area contributed by atoms with E-state index in [-0.39, 0.29) is 46.8 Å². The van der Waals surface area contributed by atoms with Crippen molar-refractivity contribution >= 4 is 17.5 Å². The van der Waals surface area contributed by atoms with Crippen molar-refractivity contribution in [2.24, 2.45) is 33.5 Å². The Morgan fingerprint density at radius 2 is 1.81 bits per heavy atom. The molecule has 10 atom stereocenters. The average molecular weight is 499 g/mol. The number of Topliss-reactive ketones (excluding diaryl/α,β-unsaturated/α-hetero) is 2. The standard InChI is InChI=1S/C29H38O7/c1-15(30)35-21-12-18-25(2,3)19(31)13-20(33-7)27(18,5)17-8-10-26(4)22(16-9-11-34-14-16)23(32)24-29(26,36-24)28(17,21)6/h9,11,14,17-18,20-22,24H,8,10,12-13H2,1-7H3/t17-,18+,20+,21-,22-,24-,26+,27-,28+,29-/m1/s1. The van der Waals surface area contributed by atoms with Crippen LogP contribution in [0.3, 0.4) is 0 Å². The van der Waals surface area contributed by atoms with E-state index in [0.29, 0.717) is 12.8 Å². The Morgan fingerprint density at radius 1 is 1.08 bits per heavy atom. The number of ketones is 2. The number of ether oxygens (including phenoxy) is 3. The van der Waals surface area contributed by atoms with Crippen molar-refractivity contribution in [2.75, 3.05) is 7.11 Å². The molecule has 7 heteroatoms. The number of rotatable bonds is 3. The third kappa shape index (κ3) is 2.45. The number of hydrogen-bond donors (Lipinski definition) is 0. The molecule has 36 heavy (non-hydrogen) atoms. The molecule has 1 aromatic rings. The van der Waals surface area contributed by atoms with Crippen LogP contribution in [0.15, 0.2) is 23.0 Å². The number of carbonyl (C=O) groups excluding carboxylic acids is 3. The quantitative estimate of drug-likeness (QED) is 0.448. The smallest absolute Gasteiger partial charge is 0.302 e. The van der Waals surface area contributed by atoms with Crippen LogP contribution < -0.4 is 0 Å². The summed E-state index contributed by atoms with van der Waals surface area (Å²) in [4.78, 5) is 39.6. The average Bonchev–Trinajstić information content (AvgIpc) is 3.29. The summed E-state index contributed by atoms with van der Waals surface area (Å²) in [6, 6.07) is 1.89. The molecule has 0 unspecified atom stereocenters. The number of hydrogen-bond acceptors (Lipinski definition) is 7. The van der Waals surface area contributed by atoms with E-state index in [1.807, 2.05) is 19.9 Å². The van der Waals surface area contributed by atoms with Crippen LogP contribution in [0.5, 0.6) is 0 Å². The fourth-order valence-electron chi connectivity index (χ4n) is 10.3. The maximum Gasteiger partial charge on any atom is 0.302 e. The lowest BCUT2D eigenvalue weighted by molar-refractivity contribution is -0.269. The van der Waals surface area contributed by atoms with Gasteiger partial charge in [0.15, 0.2) is 5.78 Å². The molecule has 4 saturated carbocycles. The minimum absolute atomic E-state index is 0.0293. The van der Waals surface area contributed by atoms with E-state index in [2.05, 4.69) is 20.8 Å². The zero-order valence-electron chi connectivity index (χ0n) is 22.4. The van der Waals surface area contributed by atoms with Gasteiger partial charge in [-0.2, -0.15) is 0 Å². The third-order valence-electron chi connectivity index (χ3n) is 11.9. The highest BCUT2D eigenvalue weighted by Gasteiger charge is 2.90. The first-order valence-corrected chi connectivity index (χ1v) is 13.3. The van der Waals surface area contributed by atoms with Crippen LogP contribution in [-0.4, -0.2) is 48.6 Å². The molecule has 6 rings (SSSR count). The Morgan fingerprint density at radius 3 is 2.42 bits per heavy atom. The molecule has 1 aromatic heterocycles. The molecule has 2 heterocycles. The molecule has 0 N–H and O–H groups in total. The molecule has 7 nitrogen and oxygen atoms in total. The molecule has 1 saturated heterocycles. The van der Waals surface area contributed by atoms with Crippen LogP contribution in [0, 0.1) is 33.5 Å². The van der Waals surface area contributed by atoms with Crippen molar-refractivity contribution in [3.05, 3.63) is 24.2 Å². The SMILES string of the molecule is CO[C@H]1CC(=O)C(C)(C)[C@@H]2C[C@@H](OC(C)=O)[C@]3(C)[C@H](CC[C@@]4(C)[C@H](c5ccoc5)C(=O)[C@H]5O[C@@]534)[C@@]12C. The van der Waals surface area contributed by atoms with Crippen molar-refractivity contribution in [1.29, 1.82) is 0 Å². The monoisotopic (exact) mass is 498 g/mol. The fourth-order valence-corrected chi connectivity index (χ4v) is 10.3. The van der Waals surface area contributed by atoms with Gasteiger partial charge < -0.3 is 18.6 Å². The lowest BCUT2D eigenvalue weighted by Gasteiger charge is -2.69. The first-order chi connectivity index (χ1) is 16.8. The number of carbonyl (C=O) groups is 3. The summed E-state index contributed by atoms with van der Waals surface area (Å²) < 4.78 is 24.2. The highest BCUT2D eigenvalue weighted by molar-refractivity contribution is 5.98. The van der Waals surface area contributed by atoms with Gasteiger partial charge in [0, 0.05) is 47.7 Å². The molecule has 0 radical (unpaired) electrons. The molecule has 1 spiro atoms. The van der Waals surface area contributed by atoms with Gasteiger partial charge in [0.1, 0.15) is 23.6 Å². The van der Waals surface area contributed by atoms with Gasteiger partial charge in [-0.05, 0) is 37.2 Å². The van der Waals surface area contributed by atoms with Gasteiger partial charge in [-0.25, -0.2) is 0 Å². The first-order valence-electron chi connectivity index (χ1n) is 13.3. The van der Waals surface area contributed by atoms with Crippen LogP contribution in [0.2, 0.25) is 0 Å². The van der Waals surface area contributed by atoms with Gasteiger partial charge >= 0.3 is 5.97 Å². The van der Waals surface area contributed by atoms with E-state index < -0.39 is 34.1 Å². The van der Waals surface area contributed by atoms with Crippen molar-refractivity contribution in [2.45, 2.75) is 97.1 Å². The van der Waals surface area contributed by atoms with Gasteiger partial charge in [-0.3, -0.25) is 14.4 Å². The summed E-state index contributed by atoms with van der Waals surface area (Å²) in [5, 5.41) is 0. The maximum atomic E-state index is 13.8. The van der Waals surface area contributed by atoms with E-state index in [1.54, 1.807) is 19.6 Å². The predicted octanol–water partition coefficient (Wildman–Crippen LogP) is 4.48. The van der Waals surface area contributed by atoms with Gasteiger partial charge in [-0.1, -0.05) is 34.6 Å².